The number of sulfone groups is 1. The van der Waals surface area contributed by atoms with E-state index in [1.165, 1.54) is 0 Å². The summed E-state index contributed by atoms with van der Waals surface area (Å²) in [6.07, 6.45) is 5.08. The Bertz CT molecular complexity index is 549. The van der Waals surface area contributed by atoms with Crippen molar-refractivity contribution in [2.75, 3.05) is 11.5 Å². The number of hydrogen-bond donors (Lipinski definition) is 1. The second kappa shape index (κ2) is 5.28. The van der Waals surface area contributed by atoms with Crippen LogP contribution in [-0.4, -0.2) is 36.0 Å². The fraction of sp³-hybridized carbons (Fsp3) is 0.538. The molecular formula is C13H17NO4S. The molecule has 1 heterocycles. The third-order valence-corrected chi connectivity index (χ3v) is 5.31. The van der Waals surface area contributed by atoms with Gasteiger partial charge in [0.25, 0.3) is 0 Å². The van der Waals surface area contributed by atoms with E-state index < -0.39 is 21.2 Å². The molecule has 0 spiro atoms. The highest BCUT2D eigenvalue weighted by atomic mass is 32.2. The number of hydrogen-bond acceptors (Lipinski definition) is 4. The number of carbonyl (C=O) groups is 1. The van der Waals surface area contributed by atoms with Crippen LogP contribution in [0.3, 0.4) is 0 Å². The highest BCUT2D eigenvalue weighted by Gasteiger charge is 2.47. The van der Waals surface area contributed by atoms with Gasteiger partial charge in [-0.1, -0.05) is 6.07 Å². The molecule has 1 aromatic heterocycles. The van der Waals surface area contributed by atoms with E-state index in [2.05, 4.69) is 4.98 Å². The van der Waals surface area contributed by atoms with E-state index in [4.69, 9.17) is 5.11 Å². The number of carboxylic acid groups (broad SMARTS) is 1. The maximum atomic E-state index is 12.0. The summed E-state index contributed by atoms with van der Waals surface area (Å²) in [7, 11) is -3.21. The summed E-state index contributed by atoms with van der Waals surface area (Å²) >= 11 is 0. The summed E-state index contributed by atoms with van der Waals surface area (Å²) < 4.78 is 24.1. The van der Waals surface area contributed by atoms with Crippen LogP contribution in [0.4, 0.5) is 0 Å². The first kappa shape index (κ1) is 14.0. The van der Waals surface area contributed by atoms with E-state index in [1.807, 2.05) is 6.07 Å². The Balaban J connectivity index is 1.91. The molecule has 1 aliphatic carbocycles. The minimum Gasteiger partial charge on any atom is -0.481 e. The summed E-state index contributed by atoms with van der Waals surface area (Å²) in [5, 5.41) is 8.79. The summed E-state index contributed by atoms with van der Waals surface area (Å²) in [4.78, 5) is 14.7. The van der Waals surface area contributed by atoms with Crippen LogP contribution < -0.4 is 0 Å². The Morgan fingerprint density at radius 1 is 1.42 bits per heavy atom. The molecule has 0 aromatic carbocycles. The highest BCUT2D eigenvalue weighted by Crippen LogP contribution is 2.49. The predicted octanol–water partition coefficient (Wildman–Crippen LogP) is 1.29. The van der Waals surface area contributed by atoms with E-state index in [0.29, 0.717) is 19.3 Å². The zero-order valence-corrected chi connectivity index (χ0v) is 11.4. The van der Waals surface area contributed by atoms with Crippen LogP contribution in [0.1, 0.15) is 24.8 Å². The molecule has 2 rings (SSSR count). The van der Waals surface area contributed by atoms with Crippen molar-refractivity contribution in [2.24, 2.45) is 5.41 Å². The molecule has 1 fully saturated rings. The largest absolute Gasteiger partial charge is 0.481 e. The molecule has 0 unspecified atom stereocenters. The Morgan fingerprint density at radius 3 is 2.68 bits per heavy atom. The van der Waals surface area contributed by atoms with Gasteiger partial charge in [0.15, 0.2) is 9.84 Å². The molecule has 1 N–H and O–H groups in total. The van der Waals surface area contributed by atoms with Gasteiger partial charge in [0.05, 0.1) is 17.9 Å². The molecule has 0 aliphatic heterocycles. The lowest BCUT2D eigenvalue weighted by Gasteiger charge is -2.12. The minimum absolute atomic E-state index is 0.00738. The summed E-state index contributed by atoms with van der Waals surface area (Å²) in [5.41, 5.74) is 0.383. The molecule has 5 nitrogen and oxygen atoms in total. The second-order valence-electron chi connectivity index (χ2n) is 5.27. The first-order valence-corrected chi connectivity index (χ1v) is 8.04. The Kier molecular flexibility index (Phi) is 3.89. The van der Waals surface area contributed by atoms with E-state index >= 15 is 0 Å². The van der Waals surface area contributed by atoms with Crippen LogP contribution in [0, 0.1) is 5.41 Å². The second-order valence-corrected chi connectivity index (χ2v) is 7.46. The van der Waals surface area contributed by atoms with E-state index in [9.17, 15) is 13.2 Å². The topological polar surface area (TPSA) is 84.3 Å². The molecule has 0 saturated heterocycles. The third kappa shape index (κ3) is 4.31. The number of carboxylic acids is 1. The van der Waals surface area contributed by atoms with Crippen molar-refractivity contribution < 1.29 is 18.3 Å². The van der Waals surface area contributed by atoms with Crippen LogP contribution in [0.2, 0.25) is 0 Å². The zero-order valence-electron chi connectivity index (χ0n) is 10.6. The first-order chi connectivity index (χ1) is 8.91. The number of aromatic nitrogens is 1. The normalized spacial score (nSPS) is 17.1. The van der Waals surface area contributed by atoms with E-state index in [-0.39, 0.29) is 17.9 Å². The van der Waals surface area contributed by atoms with Gasteiger partial charge in [-0.05, 0) is 36.3 Å². The molecule has 0 atom stereocenters. The fourth-order valence-corrected chi connectivity index (χ4v) is 4.24. The van der Waals surface area contributed by atoms with Gasteiger partial charge in [-0.2, -0.15) is 0 Å². The number of pyridine rings is 1. The van der Waals surface area contributed by atoms with Gasteiger partial charge in [-0.15, -0.1) is 0 Å². The van der Waals surface area contributed by atoms with Gasteiger partial charge < -0.3 is 5.11 Å². The number of aryl methyl sites for hydroxylation is 1. The van der Waals surface area contributed by atoms with Gasteiger partial charge in [0.2, 0.25) is 0 Å². The van der Waals surface area contributed by atoms with Crippen molar-refractivity contribution in [3.8, 4) is 0 Å². The lowest BCUT2D eigenvalue weighted by molar-refractivity contribution is -0.138. The van der Waals surface area contributed by atoms with E-state index in [1.54, 1.807) is 18.5 Å². The lowest BCUT2D eigenvalue weighted by atomic mass is 10.1. The highest BCUT2D eigenvalue weighted by molar-refractivity contribution is 7.91. The molecule has 1 aromatic rings. The average Bonchev–Trinajstić information content (AvgIpc) is 3.05. The van der Waals surface area contributed by atoms with Crippen molar-refractivity contribution in [1.82, 2.24) is 4.98 Å². The SMILES string of the molecule is O=C(O)CC1(CS(=O)(=O)CCc2cccnc2)CC1. The quantitative estimate of drug-likeness (QED) is 0.815. The van der Waals surface area contributed by atoms with Crippen LogP contribution in [0.25, 0.3) is 0 Å². The van der Waals surface area contributed by atoms with Crippen LogP contribution in [0.15, 0.2) is 24.5 Å². The maximum Gasteiger partial charge on any atom is 0.303 e. The minimum atomic E-state index is -3.21. The van der Waals surface area contributed by atoms with Crippen molar-refractivity contribution in [3.63, 3.8) is 0 Å². The molecule has 0 bridgehead atoms. The number of nitrogens with zero attached hydrogens (tertiary/aromatic N) is 1. The third-order valence-electron chi connectivity index (χ3n) is 3.43. The maximum absolute atomic E-state index is 12.0. The lowest BCUT2D eigenvalue weighted by Crippen LogP contribution is -2.23. The fourth-order valence-electron chi connectivity index (χ4n) is 2.23. The number of rotatable bonds is 7. The number of aliphatic carboxylic acids is 1. The smallest absolute Gasteiger partial charge is 0.303 e. The van der Waals surface area contributed by atoms with Gasteiger partial charge in [0.1, 0.15) is 0 Å². The molecule has 0 radical (unpaired) electrons. The molecule has 0 amide bonds. The molecule has 19 heavy (non-hydrogen) atoms. The summed E-state index contributed by atoms with van der Waals surface area (Å²) in [5.74, 6) is -0.868. The van der Waals surface area contributed by atoms with E-state index in [0.717, 1.165) is 5.56 Å². The van der Waals surface area contributed by atoms with Crippen molar-refractivity contribution in [3.05, 3.63) is 30.1 Å². The molecular weight excluding hydrogens is 266 g/mol. The Hall–Kier alpha value is -1.43. The Morgan fingerprint density at radius 2 is 2.16 bits per heavy atom. The zero-order chi connectivity index (χ0) is 13.9. The average molecular weight is 283 g/mol. The summed E-state index contributed by atoms with van der Waals surface area (Å²) in [6.45, 7) is 0. The monoisotopic (exact) mass is 283 g/mol. The van der Waals surface area contributed by atoms with Gasteiger partial charge in [-0.3, -0.25) is 9.78 Å². The molecule has 1 aliphatic rings. The van der Waals surface area contributed by atoms with Gasteiger partial charge in [0, 0.05) is 12.4 Å². The first-order valence-electron chi connectivity index (χ1n) is 6.22. The van der Waals surface area contributed by atoms with Crippen LogP contribution in [-0.2, 0) is 21.1 Å². The van der Waals surface area contributed by atoms with Crippen molar-refractivity contribution >= 4 is 15.8 Å². The Labute approximate surface area is 112 Å². The molecule has 1 saturated carbocycles. The van der Waals surface area contributed by atoms with Gasteiger partial charge in [-0.25, -0.2) is 8.42 Å². The van der Waals surface area contributed by atoms with Crippen LogP contribution in [0.5, 0.6) is 0 Å². The molecule has 6 heteroatoms. The van der Waals surface area contributed by atoms with Crippen molar-refractivity contribution in [2.45, 2.75) is 25.7 Å². The van der Waals surface area contributed by atoms with Crippen molar-refractivity contribution in [1.29, 1.82) is 0 Å². The van der Waals surface area contributed by atoms with Gasteiger partial charge >= 0.3 is 5.97 Å². The predicted molar refractivity (Wildman–Crippen MR) is 70.5 cm³/mol. The van der Waals surface area contributed by atoms with Crippen LogP contribution >= 0.6 is 0 Å². The standard InChI is InChI=1S/C13H17NO4S/c15-12(16)8-13(4-5-13)10-19(17,18)7-3-11-2-1-6-14-9-11/h1-2,6,9H,3-5,7-8,10H2,(H,15,16). The summed E-state index contributed by atoms with van der Waals surface area (Å²) in [6, 6.07) is 3.61. The molecule has 104 valence electrons.